The Kier molecular flexibility index (Phi) is 4.09. The second kappa shape index (κ2) is 5.77. The molecule has 2 nitrogen and oxygen atoms in total. The molecule has 0 amide bonds. The Hall–Kier alpha value is -1.69. The van der Waals surface area contributed by atoms with Gasteiger partial charge in [-0.15, -0.1) is 0 Å². The molecule has 18 heavy (non-hydrogen) atoms. The van der Waals surface area contributed by atoms with Crippen LogP contribution in [0.15, 0.2) is 42.5 Å². The zero-order valence-electron chi connectivity index (χ0n) is 9.45. The molecule has 0 radical (unpaired) electrons. The smallest absolute Gasteiger partial charge is 0.103 e. The zero-order valence-corrected chi connectivity index (χ0v) is 11.0. The van der Waals surface area contributed by atoms with Gasteiger partial charge >= 0.3 is 0 Å². The number of hydrogen-bond donors (Lipinski definition) is 1. The van der Waals surface area contributed by atoms with Crippen molar-refractivity contribution in [3.63, 3.8) is 0 Å². The molecule has 0 heterocycles. The van der Waals surface area contributed by atoms with Crippen LogP contribution in [-0.2, 0) is 6.54 Å². The molecule has 0 atom stereocenters. The van der Waals surface area contributed by atoms with Gasteiger partial charge in [-0.25, -0.2) is 0 Å². The summed E-state index contributed by atoms with van der Waals surface area (Å²) >= 11 is 11.8. The number of benzene rings is 2. The molecule has 2 aromatic carbocycles. The first-order chi connectivity index (χ1) is 8.70. The summed E-state index contributed by atoms with van der Waals surface area (Å²) < 4.78 is 0. The maximum Gasteiger partial charge on any atom is 0.103 e. The minimum Gasteiger partial charge on any atom is -0.380 e. The van der Waals surface area contributed by atoms with E-state index in [9.17, 15) is 0 Å². The van der Waals surface area contributed by atoms with Gasteiger partial charge in [0.2, 0.25) is 0 Å². The summed E-state index contributed by atoms with van der Waals surface area (Å²) in [4.78, 5) is 0. The molecule has 0 spiro atoms. The van der Waals surface area contributed by atoms with Crippen molar-refractivity contribution in [3.8, 4) is 6.07 Å². The van der Waals surface area contributed by atoms with Gasteiger partial charge in [0.1, 0.15) is 6.07 Å². The Morgan fingerprint density at radius 3 is 2.44 bits per heavy atom. The third-order valence-electron chi connectivity index (χ3n) is 2.52. The van der Waals surface area contributed by atoms with Crippen LogP contribution in [0, 0.1) is 11.3 Å². The fraction of sp³-hybridized carbons (Fsp3) is 0.0714. The summed E-state index contributed by atoms with van der Waals surface area (Å²) in [5.41, 5.74) is 2.29. The highest BCUT2D eigenvalue weighted by Gasteiger charge is 2.05. The normalized spacial score (nSPS) is 9.83. The molecule has 2 aromatic rings. The van der Waals surface area contributed by atoms with Crippen LogP contribution in [0.3, 0.4) is 0 Å². The summed E-state index contributed by atoms with van der Waals surface area (Å²) in [5, 5.41) is 13.4. The van der Waals surface area contributed by atoms with E-state index in [0.717, 1.165) is 11.3 Å². The monoisotopic (exact) mass is 276 g/mol. The molecule has 0 aromatic heterocycles. The highest BCUT2D eigenvalue weighted by molar-refractivity contribution is 6.32. The lowest BCUT2D eigenvalue weighted by molar-refractivity contribution is 1.15. The average molecular weight is 277 g/mol. The van der Waals surface area contributed by atoms with Crippen LogP contribution >= 0.6 is 23.2 Å². The molecule has 0 saturated carbocycles. The Bertz CT molecular complexity index is 586. The summed E-state index contributed by atoms with van der Waals surface area (Å²) in [7, 11) is 0. The number of nitrogens with zero attached hydrogens (tertiary/aromatic N) is 1. The topological polar surface area (TPSA) is 35.8 Å². The van der Waals surface area contributed by atoms with Crippen LogP contribution in [0.2, 0.25) is 10.0 Å². The molecule has 90 valence electrons. The molecule has 4 heteroatoms. The molecule has 0 aliphatic rings. The van der Waals surface area contributed by atoms with E-state index >= 15 is 0 Å². The number of halogens is 2. The van der Waals surface area contributed by atoms with Crippen molar-refractivity contribution in [2.24, 2.45) is 0 Å². The largest absolute Gasteiger partial charge is 0.380 e. The van der Waals surface area contributed by atoms with Crippen molar-refractivity contribution in [2.45, 2.75) is 6.54 Å². The molecule has 0 fully saturated rings. The van der Waals surface area contributed by atoms with Gasteiger partial charge in [0.05, 0.1) is 16.3 Å². The quantitative estimate of drug-likeness (QED) is 0.898. The van der Waals surface area contributed by atoms with Gasteiger partial charge in [-0.3, -0.25) is 0 Å². The minimum absolute atomic E-state index is 0.457. The molecule has 0 unspecified atom stereocenters. The van der Waals surface area contributed by atoms with Gasteiger partial charge in [0, 0.05) is 11.6 Å². The third-order valence-corrected chi connectivity index (χ3v) is 3.09. The summed E-state index contributed by atoms with van der Waals surface area (Å²) in [5.74, 6) is 0. The number of anilines is 1. The minimum atomic E-state index is 0.457. The van der Waals surface area contributed by atoms with Crippen molar-refractivity contribution in [1.82, 2.24) is 0 Å². The number of rotatable bonds is 3. The van der Waals surface area contributed by atoms with E-state index in [1.54, 1.807) is 6.07 Å². The van der Waals surface area contributed by atoms with E-state index in [1.165, 1.54) is 0 Å². The Balaban J connectivity index is 2.14. The maximum absolute atomic E-state index is 9.04. The lowest BCUT2D eigenvalue weighted by Crippen LogP contribution is -2.01. The number of nitrogens with one attached hydrogen (secondary N) is 1. The second-order valence-corrected chi connectivity index (χ2v) is 4.60. The van der Waals surface area contributed by atoms with Crippen LogP contribution < -0.4 is 5.32 Å². The Morgan fingerprint density at radius 1 is 1.06 bits per heavy atom. The van der Waals surface area contributed by atoms with Crippen molar-refractivity contribution in [1.29, 1.82) is 5.26 Å². The van der Waals surface area contributed by atoms with E-state index < -0.39 is 0 Å². The molecule has 0 saturated heterocycles. The SMILES string of the molecule is N#Cc1c(Cl)cccc1NCc1ccc(Cl)cc1. The lowest BCUT2D eigenvalue weighted by Gasteiger charge is -2.09. The lowest BCUT2D eigenvalue weighted by atomic mass is 10.1. The summed E-state index contributed by atoms with van der Waals surface area (Å²) in [6.45, 7) is 0.617. The summed E-state index contributed by atoms with van der Waals surface area (Å²) in [6, 6.07) is 15.0. The van der Waals surface area contributed by atoms with Crippen molar-refractivity contribution >= 4 is 28.9 Å². The molecule has 1 N–H and O–H groups in total. The van der Waals surface area contributed by atoms with Crippen molar-refractivity contribution in [3.05, 3.63) is 63.6 Å². The van der Waals surface area contributed by atoms with Gasteiger partial charge in [-0.05, 0) is 29.8 Å². The van der Waals surface area contributed by atoms with Gasteiger partial charge < -0.3 is 5.32 Å². The first-order valence-corrected chi connectivity index (χ1v) is 6.13. The van der Waals surface area contributed by atoms with E-state index in [0.29, 0.717) is 22.2 Å². The molecule has 0 aliphatic heterocycles. The molecule has 0 aliphatic carbocycles. The maximum atomic E-state index is 9.04. The fourth-order valence-corrected chi connectivity index (χ4v) is 1.93. The van der Waals surface area contributed by atoms with Crippen molar-refractivity contribution in [2.75, 3.05) is 5.32 Å². The van der Waals surface area contributed by atoms with Gasteiger partial charge in [0.15, 0.2) is 0 Å². The van der Waals surface area contributed by atoms with Gasteiger partial charge in [-0.1, -0.05) is 41.4 Å². The molecule has 0 bridgehead atoms. The van der Waals surface area contributed by atoms with E-state index in [1.807, 2.05) is 36.4 Å². The van der Waals surface area contributed by atoms with E-state index in [2.05, 4.69) is 11.4 Å². The van der Waals surface area contributed by atoms with Crippen LogP contribution in [-0.4, -0.2) is 0 Å². The Labute approximate surface area is 116 Å². The Morgan fingerprint density at radius 2 is 1.78 bits per heavy atom. The molecular formula is C14H10Cl2N2. The summed E-state index contributed by atoms with van der Waals surface area (Å²) in [6.07, 6.45) is 0. The van der Waals surface area contributed by atoms with E-state index in [-0.39, 0.29) is 0 Å². The molecular weight excluding hydrogens is 267 g/mol. The van der Waals surface area contributed by atoms with Crippen LogP contribution in [0.5, 0.6) is 0 Å². The van der Waals surface area contributed by atoms with Crippen LogP contribution in [0.1, 0.15) is 11.1 Å². The third kappa shape index (κ3) is 2.95. The van der Waals surface area contributed by atoms with Crippen molar-refractivity contribution < 1.29 is 0 Å². The number of nitriles is 1. The predicted octanol–water partition coefficient (Wildman–Crippen LogP) is 4.48. The standard InChI is InChI=1S/C14H10Cl2N2/c15-11-6-4-10(5-7-11)9-18-14-3-1-2-13(16)12(14)8-17/h1-7,18H,9H2. The van der Waals surface area contributed by atoms with Gasteiger partial charge in [-0.2, -0.15) is 5.26 Å². The highest BCUT2D eigenvalue weighted by Crippen LogP contribution is 2.23. The predicted molar refractivity (Wildman–Crippen MR) is 74.9 cm³/mol. The van der Waals surface area contributed by atoms with Gasteiger partial charge in [0.25, 0.3) is 0 Å². The fourth-order valence-electron chi connectivity index (χ4n) is 1.58. The number of hydrogen-bond acceptors (Lipinski definition) is 2. The first-order valence-electron chi connectivity index (χ1n) is 5.37. The average Bonchev–Trinajstić information content (AvgIpc) is 2.38. The van der Waals surface area contributed by atoms with E-state index in [4.69, 9.17) is 28.5 Å². The second-order valence-electron chi connectivity index (χ2n) is 3.75. The highest BCUT2D eigenvalue weighted by atomic mass is 35.5. The first kappa shape index (κ1) is 12.8. The zero-order chi connectivity index (χ0) is 13.0. The van der Waals surface area contributed by atoms with Crippen LogP contribution in [0.25, 0.3) is 0 Å². The van der Waals surface area contributed by atoms with Crippen LogP contribution in [0.4, 0.5) is 5.69 Å². The molecule has 2 rings (SSSR count).